The third-order valence-electron chi connectivity index (χ3n) is 11.9. The van der Waals surface area contributed by atoms with Gasteiger partial charge in [0.15, 0.2) is 0 Å². The second-order valence-electron chi connectivity index (χ2n) is 15.5. The van der Waals surface area contributed by atoms with Gasteiger partial charge in [-0.3, -0.25) is 4.79 Å². The molecule has 13 heteroatoms. The van der Waals surface area contributed by atoms with Crippen LogP contribution in [0, 0.1) is 31.6 Å². The number of hydrogen-bond acceptors (Lipinski definition) is 10. The number of oxime groups is 1. The van der Waals surface area contributed by atoms with Crippen LogP contribution in [0.15, 0.2) is 95.0 Å². The number of sulfonamides is 1. The average molecular weight is 816 g/mol. The van der Waals surface area contributed by atoms with Crippen LogP contribution in [0.1, 0.15) is 74.5 Å². The molecule has 0 radical (unpaired) electrons. The summed E-state index contributed by atoms with van der Waals surface area (Å²) in [4.78, 5) is 17.2. The number of hydrogen-bond donors (Lipinski definition) is 3. The molecule has 0 aromatic heterocycles. The summed E-state index contributed by atoms with van der Waals surface area (Å²) in [6, 6.07) is 16.9. The van der Waals surface area contributed by atoms with Gasteiger partial charge in [0.05, 0.1) is 29.2 Å². The van der Waals surface area contributed by atoms with Gasteiger partial charge in [0.2, 0.25) is 21.7 Å². The molecule has 1 fully saturated rings. The number of nitrogens with one attached hydrogen (secondary N) is 1. The van der Waals surface area contributed by atoms with E-state index in [0.717, 1.165) is 47.9 Å². The molecule has 1 saturated carbocycles. The molecule has 3 aromatic rings. The summed E-state index contributed by atoms with van der Waals surface area (Å²) in [5.74, 6) is -0.689. The number of aryl methyl sites for hydroxylation is 2. The number of ether oxygens (including phenoxy) is 3. The number of likely N-dealkylation sites (N-methyl/N-ethyl adjacent to an activating group) is 1. The van der Waals surface area contributed by atoms with Crippen LogP contribution >= 0.6 is 0 Å². The zero-order valence-electron chi connectivity index (χ0n) is 34.1. The van der Waals surface area contributed by atoms with Crippen molar-refractivity contribution in [2.75, 3.05) is 39.3 Å². The van der Waals surface area contributed by atoms with Crippen molar-refractivity contribution in [3.05, 3.63) is 102 Å². The lowest BCUT2D eigenvalue weighted by Crippen LogP contribution is -2.69. The number of aliphatic hydroxyl groups is 2. The van der Waals surface area contributed by atoms with Crippen molar-refractivity contribution < 1.29 is 42.5 Å². The smallest absolute Gasteiger partial charge is 0.243 e. The van der Waals surface area contributed by atoms with Crippen molar-refractivity contribution in [2.45, 2.75) is 88.4 Å². The first kappa shape index (κ1) is 43.1. The summed E-state index contributed by atoms with van der Waals surface area (Å²) in [6.07, 6.45) is 8.43. The molecule has 3 N–H and O–H groups in total. The summed E-state index contributed by atoms with van der Waals surface area (Å²) < 4.78 is 51.2. The lowest BCUT2D eigenvalue weighted by atomic mass is 9.55. The Morgan fingerprint density at radius 1 is 1.00 bits per heavy atom. The van der Waals surface area contributed by atoms with Crippen LogP contribution in [0.5, 0.6) is 17.2 Å². The highest BCUT2D eigenvalue weighted by molar-refractivity contribution is 7.89. The van der Waals surface area contributed by atoms with E-state index in [1.54, 1.807) is 18.2 Å². The van der Waals surface area contributed by atoms with E-state index in [0.29, 0.717) is 41.5 Å². The molecule has 1 aliphatic heterocycles. The van der Waals surface area contributed by atoms with Gasteiger partial charge < -0.3 is 34.6 Å². The van der Waals surface area contributed by atoms with Crippen LogP contribution in [-0.4, -0.2) is 80.4 Å². The van der Waals surface area contributed by atoms with Crippen LogP contribution in [0.2, 0.25) is 0 Å². The van der Waals surface area contributed by atoms with E-state index in [9.17, 15) is 23.4 Å². The van der Waals surface area contributed by atoms with Crippen LogP contribution in [0.3, 0.4) is 0 Å². The molecule has 1 amide bonds. The maximum atomic E-state index is 14.7. The summed E-state index contributed by atoms with van der Waals surface area (Å²) in [7, 11) is -1.18. The second kappa shape index (κ2) is 18.6. The van der Waals surface area contributed by atoms with Crippen molar-refractivity contribution in [1.29, 1.82) is 0 Å². The number of allylic oxidation sites excluding steroid dienone is 1. The molecule has 0 unspecified atom stereocenters. The molecule has 0 spiro atoms. The number of benzene rings is 3. The minimum atomic E-state index is -4.19. The minimum absolute atomic E-state index is 0.0102. The van der Waals surface area contributed by atoms with E-state index in [1.165, 1.54) is 37.5 Å². The molecule has 2 aliphatic carbocycles. The predicted octanol–water partition coefficient (Wildman–Crippen LogP) is 7.64. The molecule has 6 rings (SSSR count). The molecule has 1 heterocycles. The molecule has 0 saturated heterocycles. The molecule has 58 heavy (non-hydrogen) atoms. The minimum Gasteiger partial charge on any atom is -0.460 e. The SMILES string of the molecule is C=CCO[C@@]12Oc3ccc(Oc4ccc(C)c(C)c4)cc3[C@H]3[C@H](CCCCO)[C@@H](CCCCO)C=C(C(=NOC)C[C@@H]1N(C)S(=O)(=O)c1ccc(NC(C)=O)cc1)[C@H]32. The first-order valence-electron chi connectivity index (χ1n) is 20.1. The van der Waals surface area contributed by atoms with Crippen molar-refractivity contribution in [1.82, 2.24) is 4.31 Å². The van der Waals surface area contributed by atoms with Gasteiger partial charge in [-0.15, -0.1) is 6.58 Å². The number of unbranched alkanes of at least 4 members (excludes halogenated alkanes) is 2. The van der Waals surface area contributed by atoms with Crippen molar-refractivity contribution in [3.63, 3.8) is 0 Å². The topological polar surface area (TPSA) is 156 Å². The fourth-order valence-electron chi connectivity index (χ4n) is 9.04. The predicted molar refractivity (Wildman–Crippen MR) is 224 cm³/mol. The molecule has 0 bridgehead atoms. The highest BCUT2D eigenvalue weighted by atomic mass is 32.2. The zero-order chi connectivity index (χ0) is 41.6. The van der Waals surface area contributed by atoms with Crippen molar-refractivity contribution in [2.24, 2.45) is 22.9 Å². The zero-order valence-corrected chi connectivity index (χ0v) is 35.0. The number of aliphatic hydroxyl groups excluding tert-OH is 2. The Morgan fingerprint density at radius 2 is 1.69 bits per heavy atom. The van der Waals surface area contributed by atoms with E-state index in [4.69, 9.17) is 19.0 Å². The first-order valence-corrected chi connectivity index (χ1v) is 21.5. The highest BCUT2D eigenvalue weighted by Gasteiger charge is 2.65. The Balaban J connectivity index is 1.56. The second-order valence-corrected chi connectivity index (χ2v) is 17.5. The molecular weight excluding hydrogens is 759 g/mol. The normalized spacial score (nSPS) is 24.3. The summed E-state index contributed by atoms with van der Waals surface area (Å²) in [6.45, 7) is 9.68. The Bertz CT molecular complexity index is 2120. The van der Waals surface area contributed by atoms with Gasteiger partial charge in [0, 0.05) is 50.8 Å². The van der Waals surface area contributed by atoms with E-state index in [2.05, 4.69) is 30.1 Å². The average Bonchev–Trinajstić information content (AvgIpc) is 3.20. The summed E-state index contributed by atoms with van der Waals surface area (Å²) >= 11 is 0. The van der Waals surface area contributed by atoms with Crippen LogP contribution < -0.4 is 14.8 Å². The lowest BCUT2D eigenvalue weighted by Gasteiger charge is -2.59. The Morgan fingerprint density at radius 3 is 2.34 bits per heavy atom. The quantitative estimate of drug-likeness (QED) is 0.0668. The fraction of sp³-hybridized carbons (Fsp3) is 0.467. The molecule has 312 valence electrons. The third-order valence-corrected chi connectivity index (χ3v) is 13.7. The number of amides is 1. The molecule has 3 aliphatic rings. The number of anilines is 1. The van der Waals surface area contributed by atoms with Gasteiger partial charge in [-0.05, 0) is 123 Å². The Hall–Kier alpha value is -4.53. The van der Waals surface area contributed by atoms with E-state index in [1.807, 2.05) is 43.3 Å². The van der Waals surface area contributed by atoms with Gasteiger partial charge in [-0.2, -0.15) is 4.31 Å². The van der Waals surface area contributed by atoms with E-state index < -0.39 is 27.8 Å². The van der Waals surface area contributed by atoms with Gasteiger partial charge in [0.1, 0.15) is 24.4 Å². The number of nitrogens with zero attached hydrogens (tertiary/aromatic N) is 2. The highest BCUT2D eigenvalue weighted by Crippen LogP contribution is 2.62. The summed E-state index contributed by atoms with van der Waals surface area (Å²) in [5, 5.41) is 26.9. The van der Waals surface area contributed by atoms with Gasteiger partial charge in [-0.25, -0.2) is 8.42 Å². The van der Waals surface area contributed by atoms with Crippen molar-refractivity contribution >= 4 is 27.3 Å². The van der Waals surface area contributed by atoms with Crippen LogP contribution in [0.25, 0.3) is 0 Å². The van der Waals surface area contributed by atoms with Crippen LogP contribution in [-0.2, 0) is 24.4 Å². The van der Waals surface area contributed by atoms with Gasteiger partial charge in [-0.1, -0.05) is 36.2 Å². The standard InChI is InChI=1S/C45H57N3O9S/c1-7-24-55-45-42(48(5)58(52,53)36-19-15-33(16-20-36)46-31(4)51)28-40(47-54-6)38-26-32(12-8-10-22-49)37(13-9-11-23-50)43(44(38)45)39-27-35(18-21-41(39)57-45)56-34-17-14-29(2)30(3)25-34/h7,14-21,25-27,32,37,42-44,49-50H,1,8-13,22-24,28H2,2-6H3,(H,46,51)/t32-,37+,42-,43+,44+,45+/m0/s1. The van der Waals surface area contributed by atoms with E-state index in [-0.39, 0.29) is 54.8 Å². The number of fused-ring (bicyclic) bond motifs is 2. The maximum Gasteiger partial charge on any atom is 0.243 e. The molecule has 12 nitrogen and oxygen atoms in total. The lowest BCUT2D eigenvalue weighted by molar-refractivity contribution is -0.250. The summed E-state index contributed by atoms with van der Waals surface area (Å²) in [5.41, 5.74) is 5.12. The number of carbonyl (C=O) groups is 1. The van der Waals surface area contributed by atoms with Crippen LogP contribution in [0.4, 0.5) is 5.69 Å². The Kier molecular flexibility index (Phi) is 13.8. The molecule has 3 aromatic carbocycles. The monoisotopic (exact) mass is 815 g/mol. The maximum absolute atomic E-state index is 14.7. The first-order chi connectivity index (χ1) is 27.9. The Labute approximate surface area is 342 Å². The third kappa shape index (κ3) is 8.74. The van der Waals surface area contributed by atoms with E-state index >= 15 is 0 Å². The van der Waals surface area contributed by atoms with Gasteiger partial charge >= 0.3 is 0 Å². The molecule has 6 atom stereocenters. The number of rotatable bonds is 18. The van der Waals surface area contributed by atoms with Gasteiger partial charge in [0.25, 0.3) is 0 Å². The fourth-order valence-corrected chi connectivity index (χ4v) is 10.4. The van der Waals surface area contributed by atoms with Crippen molar-refractivity contribution in [3.8, 4) is 17.2 Å². The number of carbonyl (C=O) groups excluding carboxylic acids is 1. The molecular formula is C45H57N3O9S. The largest absolute Gasteiger partial charge is 0.460 e.